The van der Waals surface area contributed by atoms with Crippen LogP contribution in [0.5, 0.6) is 0 Å². The molecule has 0 N–H and O–H groups in total. The standard InChI is InChI=1S/C18H21NO2S.Na/c1-14-7-9-16(10-8-14)17-12-19(13-18(17)22(20)21)11-15-5-3-2-4-6-15;/h2-10,17-18H,11-13H2,1H3,(H,20,21);/q;+1/p-1/t17-,18+;/m0./s1. The van der Waals surface area contributed by atoms with Crippen molar-refractivity contribution in [2.24, 2.45) is 0 Å². The van der Waals surface area contributed by atoms with E-state index in [1.54, 1.807) is 0 Å². The molecule has 23 heavy (non-hydrogen) atoms. The van der Waals surface area contributed by atoms with Gasteiger partial charge in [0, 0.05) is 30.8 Å². The summed E-state index contributed by atoms with van der Waals surface area (Å²) in [6.45, 7) is 4.24. The number of aryl methyl sites for hydroxylation is 1. The molecule has 2 aromatic rings. The number of hydrogen-bond donors (Lipinski definition) is 0. The molecule has 0 saturated carbocycles. The maximum atomic E-state index is 11.6. The van der Waals surface area contributed by atoms with Crippen LogP contribution in [-0.2, 0) is 17.6 Å². The molecule has 0 aliphatic carbocycles. The van der Waals surface area contributed by atoms with Gasteiger partial charge in [-0.1, -0.05) is 71.2 Å². The molecule has 1 aliphatic heterocycles. The van der Waals surface area contributed by atoms with Crippen molar-refractivity contribution in [3.63, 3.8) is 0 Å². The van der Waals surface area contributed by atoms with Gasteiger partial charge in [-0.15, -0.1) is 0 Å². The number of hydrogen-bond acceptors (Lipinski definition) is 3. The van der Waals surface area contributed by atoms with Gasteiger partial charge in [0.1, 0.15) is 0 Å². The summed E-state index contributed by atoms with van der Waals surface area (Å²) in [5.41, 5.74) is 3.54. The monoisotopic (exact) mass is 337 g/mol. The van der Waals surface area contributed by atoms with Crippen LogP contribution in [0.15, 0.2) is 54.6 Å². The van der Waals surface area contributed by atoms with E-state index < -0.39 is 11.1 Å². The molecule has 0 amide bonds. The molecule has 3 atom stereocenters. The second kappa shape index (κ2) is 8.56. The first-order valence-corrected chi connectivity index (χ1v) is 8.68. The molecule has 0 spiro atoms. The van der Waals surface area contributed by atoms with Crippen molar-refractivity contribution in [2.75, 3.05) is 13.1 Å². The molecule has 2 aromatic carbocycles. The predicted octanol–water partition coefficient (Wildman–Crippen LogP) is -0.154. The van der Waals surface area contributed by atoms with Crippen molar-refractivity contribution in [1.82, 2.24) is 4.90 Å². The summed E-state index contributed by atoms with van der Waals surface area (Å²) in [7, 11) is 0. The molecule has 1 heterocycles. The Bertz CT molecular complexity index is 648. The molecule has 1 saturated heterocycles. The van der Waals surface area contributed by atoms with Crippen molar-refractivity contribution in [3.8, 4) is 0 Å². The number of likely N-dealkylation sites (tertiary alicyclic amines) is 1. The molecule has 1 unspecified atom stereocenters. The topological polar surface area (TPSA) is 43.4 Å². The van der Waals surface area contributed by atoms with E-state index in [-0.39, 0.29) is 40.7 Å². The summed E-state index contributed by atoms with van der Waals surface area (Å²) in [5, 5.41) is -0.327. The van der Waals surface area contributed by atoms with Crippen molar-refractivity contribution in [3.05, 3.63) is 71.3 Å². The Hall–Kier alpha value is -0.490. The zero-order valence-electron chi connectivity index (χ0n) is 13.6. The number of benzene rings is 2. The first-order valence-electron chi connectivity index (χ1n) is 7.54. The maximum Gasteiger partial charge on any atom is 1.00 e. The van der Waals surface area contributed by atoms with Crippen LogP contribution in [0.4, 0.5) is 0 Å². The van der Waals surface area contributed by atoms with Crippen molar-refractivity contribution in [1.29, 1.82) is 0 Å². The predicted molar refractivity (Wildman–Crippen MR) is 88.3 cm³/mol. The molecular weight excluding hydrogens is 317 g/mol. The van der Waals surface area contributed by atoms with Crippen LogP contribution < -0.4 is 29.6 Å². The third-order valence-corrected chi connectivity index (χ3v) is 5.32. The molecule has 116 valence electrons. The van der Waals surface area contributed by atoms with Crippen LogP contribution in [0.25, 0.3) is 0 Å². The third kappa shape index (κ3) is 4.75. The average molecular weight is 337 g/mol. The van der Waals surface area contributed by atoms with E-state index in [9.17, 15) is 8.76 Å². The summed E-state index contributed by atoms with van der Waals surface area (Å²) < 4.78 is 23.2. The van der Waals surface area contributed by atoms with Gasteiger partial charge in [-0.05, 0) is 18.1 Å². The Labute approximate surface area is 162 Å². The first-order chi connectivity index (χ1) is 10.6. The van der Waals surface area contributed by atoms with Gasteiger partial charge in [0.15, 0.2) is 0 Å². The average Bonchev–Trinajstić information content (AvgIpc) is 2.93. The van der Waals surface area contributed by atoms with Gasteiger partial charge in [0.25, 0.3) is 0 Å². The molecule has 3 nitrogen and oxygen atoms in total. The van der Waals surface area contributed by atoms with E-state index in [0.717, 1.165) is 18.7 Å². The Balaban J connectivity index is 0.00000192. The first kappa shape index (κ1) is 18.8. The van der Waals surface area contributed by atoms with Crippen LogP contribution in [0.1, 0.15) is 22.6 Å². The van der Waals surface area contributed by atoms with E-state index in [2.05, 4.69) is 41.3 Å². The minimum atomic E-state index is -2.05. The molecule has 1 fully saturated rings. The molecule has 0 bridgehead atoms. The number of nitrogens with zero attached hydrogens (tertiary/aromatic N) is 1. The SMILES string of the molecule is Cc1ccc([C@@H]2CN(Cc3ccccc3)C[C@H]2S(=O)[O-])cc1.[Na+]. The smallest absolute Gasteiger partial charge is 0.772 e. The second-order valence-electron chi connectivity index (χ2n) is 6.00. The molecule has 0 aromatic heterocycles. The summed E-state index contributed by atoms with van der Waals surface area (Å²) in [5.74, 6) is 0.0580. The summed E-state index contributed by atoms with van der Waals surface area (Å²) >= 11 is -2.05. The van der Waals surface area contributed by atoms with Gasteiger partial charge in [-0.25, -0.2) is 0 Å². The summed E-state index contributed by atoms with van der Waals surface area (Å²) in [6, 6.07) is 18.4. The maximum absolute atomic E-state index is 11.6. The van der Waals surface area contributed by atoms with E-state index in [1.807, 2.05) is 25.1 Å². The van der Waals surface area contributed by atoms with Gasteiger partial charge >= 0.3 is 29.6 Å². The van der Waals surface area contributed by atoms with E-state index in [0.29, 0.717) is 6.54 Å². The fourth-order valence-electron chi connectivity index (χ4n) is 3.15. The normalized spacial score (nSPS) is 22.5. The quantitative estimate of drug-likeness (QED) is 0.576. The Morgan fingerprint density at radius 2 is 1.74 bits per heavy atom. The zero-order valence-corrected chi connectivity index (χ0v) is 16.5. The van der Waals surface area contributed by atoms with E-state index >= 15 is 0 Å². The van der Waals surface area contributed by atoms with Gasteiger partial charge in [-0.2, -0.15) is 0 Å². The van der Waals surface area contributed by atoms with Crippen molar-refractivity contribution < 1.29 is 38.3 Å². The van der Waals surface area contributed by atoms with Gasteiger partial charge in [0.2, 0.25) is 0 Å². The second-order valence-corrected chi connectivity index (χ2v) is 7.12. The van der Waals surface area contributed by atoms with Gasteiger partial charge in [-0.3, -0.25) is 9.11 Å². The van der Waals surface area contributed by atoms with Crippen molar-refractivity contribution in [2.45, 2.75) is 24.6 Å². The van der Waals surface area contributed by atoms with E-state index in [1.165, 1.54) is 11.1 Å². The number of rotatable bonds is 4. The molecule has 1 aliphatic rings. The Kier molecular flexibility index (Phi) is 7.01. The zero-order chi connectivity index (χ0) is 15.5. The van der Waals surface area contributed by atoms with Crippen molar-refractivity contribution >= 4 is 11.1 Å². The Morgan fingerprint density at radius 1 is 1.09 bits per heavy atom. The minimum Gasteiger partial charge on any atom is -0.772 e. The van der Waals surface area contributed by atoms with Crippen LogP contribution in [0, 0.1) is 6.92 Å². The molecule has 5 heteroatoms. The summed E-state index contributed by atoms with van der Waals surface area (Å²) in [4.78, 5) is 2.24. The van der Waals surface area contributed by atoms with Crippen LogP contribution in [-0.4, -0.2) is 32.0 Å². The Morgan fingerprint density at radius 3 is 2.35 bits per heavy atom. The third-order valence-electron chi connectivity index (χ3n) is 4.34. The fraction of sp³-hybridized carbons (Fsp3) is 0.333. The fourth-order valence-corrected chi connectivity index (χ4v) is 4.00. The van der Waals surface area contributed by atoms with Gasteiger partial charge < -0.3 is 4.55 Å². The minimum absolute atomic E-state index is 0. The summed E-state index contributed by atoms with van der Waals surface area (Å²) in [6.07, 6.45) is 0. The molecular formula is C18H20NNaO2S. The molecule has 3 rings (SSSR count). The largest absolute Gasteiger partial charge is 1.00 e. The van der Waals surface area contributed by atoms with Crippen LogP contribution >= 0.6 is 0 Å². The van der Waals surface area contributed by atoms with Crippen LogP contribution in [0.2, 0.25) is 0 Å². The van der Waals surface area contributed by atoms with Gasteiger partial charge in [0.05, 0.1) is 0 Å². The van der Waals surface area contributed by atoms with E-state index in [4.69, 9.17) is 0 Å². The van der Waals surface area contributed by atoms with Crippen LogP contribution in [0.3, 0.4) is 0 Å². The molecule has 0 radical (unpaired) electrons.